The molecule has 122 valence electrons. The Morgan fingerprint density at radius 2 is 1.96 bits per heavy atom. The van der Waals surface area contributed by atoms with Gasteiger partial charge in [0.15, 0.2) is 5.82 Å². The molecular weight excluding hydrogens is 374 g/mol. The molecule has 0 aliphatic carbocycles. The van der Waals surface area contributed by atoms with Crippen LogP contribution < -0.4 is 10.6 Å². The number of hydrogen-bond donors (Lipinski definition) is 2. The molecule has 0 aliphatic rings. The zero-order valence-electron chi connectivity index (χ0n) is 13.0. The van der Waals surface area contributed by atoms with Gasteiger partial charge in [-0.3, -0.25) is 4.79 Å². The lowest BCUT2D eigenvalue weighted by Crippen LogP contribution is -2.14. The minimum atomic E-state index is -0.337. The van der Waals surface area contributed by atoms with Crippen molar-refractivity contribution in [3.63, 3.8) is 0 Å². The number of halogens is 1. The third-order valence-electron chi connectivity index (χ3n) is 3.14. The van der Waals surface area contributed by atoms with Gasteiger partial charge in [0.1, 0.15) is 17.3 Å². The number of rotatable bonds is 4. The van der Waals surface area contributed by atoms with Gasteiger partial charge in [0.05, 0.1) is 18.1 Å². The third kappa shape index (κ3) is 3.77. The number of benzene rings is 1. The summed E-state index contributed by atoms with van der Waals surface area (Å²) in [5.41, 5.74) is 1.98. The first kappa shape index (κ1) is 16.1. The first-order chi connectivity index (χ1) is 11.5. The number of carbonyl (C=O) groups is 1. The molecule has 7 nitrogen and oxygen atoms in total. The highest BCUT2D eigenvalue weighted by atomic mass is 79.9. The fourth-order valence-electron chi connectivity index (χ4n) is 1.97. The summed E-state index contributed by atoms with van der Waals surface area (Å²) >= 11 is 3.42. The molecule has 0 saturated carbocycles. The lowest BCUT2D eigenvalue weighted by Gasteiger charge is -2.08. The summed E-state index contributed by atoms with van der Waals surface area (Å²) in [6, 6.07) is 7.40. The van der Waals surface area contributed by atoms with Gasteiger partial charge in [-0.25, -0.2) is 9.97 Å². The second-order valence-electron chi connectivity index (χ2n) is 5.17. The number of nitrogens with zero attached hydrogens (tertiary/aromatic N) is 3. The van der Waals surface area contributed by atoms with E-state index in [9.17, 15) is 4.79 Å². The van der Waals surface area contributed by atoms with Crippen LogP contribution in [0.2, 0.25) is 0 Å². The molecule has 0 unspecified atom stereocenters. The van der Waals surface area contributed by atoms with Crippen LogP contribution in [0.4, 0.5) is 17.3 Å². The molecule has 0 aliphatic heterocycles. The lowest BCUT2D eigenvalue weighted by molar-refractivity contribution is 0.102. The second kappa shape index (κ2) is 6.79. The highest BCUT2D eigenvalue weighted by Gasteiger charge is 2.11. The molecule has 1 amide bonds. The van der Waals surface area contributed by atoms with E-state index in [0.717, 1.165) is 10.0 Å². The molecule has 0 fully saturated rings. The Labute approximate surface area is 146 Å². The summed E-state index contributed by atoms with van der Waals surface area (Å²) in [5.74, 6) is 1.35. The van der Waals surface area contributed by atoms with Crippen LogP contribution in [0.3, 0.4) is 0 Å². The third-order valence-corrected chi connectivity index (χ3v) is 3.80. The van der Waals surface area contributed by atoms with Crippen molar-refractivity contribution >= 4 is 39.2 Å². The molecule has 0 atom stereocenters. The molecule has 8 heteroatoms. The van der Waals surface area contributed by atoms with Crippen molar-refractivity contribution in [1.29, 1.82) is 0 Å². The first-order valence-electron chi connectivity index (χ1n) is 7.11. The van der Waals surface area contributed by atoms with Crippen LogP contribution in [0.5, 0.6) is 0 Å². The fraction of sp³-hybridized carbons (Fsp3) is 0.125. The number of aromatic nitrogens is 3. The number of aryl methyl sites for hydroxylation is 2. The second-order valence-corrected chi connectivity index (χ2v) is 6.03. The number of hydrogen-bond acceptors (Lipinski definition) is 6. The minimum absolute atomic E-state index is 0.212. The van der Waals surface area contributed by atoms with E-state index in [-0.39, 0.29) is 11.6 Å². The highest BCUT2D eigenvalue weighted by Crippen LogP contribution is 2.23. The molecule has 2 heterocycles. The quantitative estimate of drug-likeness (QED) is 0.706. The topological polar surface area (TPSA) is 92.9 Å². The molecule has 2 N–H and O–H groups in total. The summed E-state index contributed by atoms with van der Waals surface area (Å²) in [5, 5.41) is 9.53. The van der Waals surface area contributed by atoms with Gasteiger partial charge in [-0.15, -0.1) is 0 Å². The van der Waals surface area contributed by atoms with E-state index < -0.39 is 0 Å². The van der Waals surface area contributed by atoms with E-state index in [4.69, 9.17) is 4.52 Å². The van der Waals surface area contributed by atoms with Gasteiger partial charge >= 0.3 is 0 Å². The molecule has 0 saturated heterocycles. The van der Waals surface area contributed by atoms with Crippen LogP contribution in [-0.4, -0.2) is 21.0 Å². The van der Waals surface area contributed by atoms with Gasteiger partial charge < -0.3 is 15.2 Å². The molecule has 3 rings (SSSR count). The van der Waals surface area contributed by atoms with Crippen molar-refractivity contribution in [2.75, 3.05) is 10.6 Å². The zero-order chi connectivity index (χ0) is 17.1. The Bertz CT molecular complexity index is 876. The number of anilines is 3. The van der Waals surface area contributed by atoms with Crippen molar-refractivity contribution in [3.8, 4) is 0 Å². The van der Waals surface area contributed by atoms with Crippen molar-refractivity contribution in [2.45, 2.75) is 13.8 Å². The van der Waals surface area contributed by atoms with Crippen LogP contribution in [0.1, 0.15) is 21.8 Å². The standard InChI is InChI=1S/C16H14BrN5O2/c1-9-3-4-12(11(17)5-9)20-16(23)13-7-19-15(8-18-13)21-14-6-10(2)24-22-14/h3-8H,1-2H3,(H,20,23)(H,19,21,22). The van der Waals surface area contributed by atoms with Crippen molar-refractivity contribution < 1.29 is 9.32 Å². The average molecular weight is 388 g/mol. The predicted molar refractivity (Wildman–Crippen MR) is 93.4 cm³/mol. The normalized spacial score (nSPS) is 10.5. The van der Waals surface area contributed by atoms with E-state index in [2.05, 4.69) is 41.7 Å². The Morgan fingerprint density at radius 3 is 2.58 bits per heavy atom. The molecule has 24 heavy (non-hydrogen) atoms. The molecule has 0 spiro atoms. The molecule has 0 bridgehead atoms. The van der Waals surface area contributed by atoms with Crippen LogP contribution >= 0.6 is 15.9 Å². The van der Waals surface area contributed by atoms with Gasteiger partial charge in [0, 0.05) is 10.5 Å². The van der Waals surface area contributed by atoms with E-state index in [1.54, 1.807) is 13.0 Å². The summed E-state index contributed by atoms with van der Waals surface area (Å²) in [6.45, 7) is 3.77. The van der Waals surface area contributed by atoms with Crippen molar-refractivity contribution in [2.24, 2.45) is 0 Å². The number of amides is 1. The van der Waals surface area contributed by atoms with E-state index in [0.29, 0.717) is 23.1 Å². The van der Waals surface area contributed by atoms with Gasteiger partial charge in [-0.05, 0) is 47.5 Å². The van der Waals surface area contributed by atoms with Crippen LogP contribution in [0.15, 0.2) is 45.7 Å². The van der Waals surface area contributed by atoms with Crippen LogP contribution in [0, 0.1) is 13.8 Å². The van der Waals surface area contributed by atoms with Crippen molar-refractivity contribution in [1.82, 2.24) is 15.1 Å². The average Bonchev–Trinajstić information content (AvgIpc) is 2.96. The maximum absolute atomic E-state index is 12.2. The van der Waals surface area contributed by atoms with Crippen LogP contribution in [-0.2, 0) is 0 Å². The fourth-order valence-corrected chi connectivity index (χ4v) is 2.57. The maximum atomic E-state index is 12.2. The van der Waals surface area contributed by atoms with Gasteiger partial charge in [-0.1, -0.05) is 11.2 Å². The smallest absolute Gasteiger partial charge is 0.275 e. The molecule has 2 aromatic heterocycles. The number of carbonyl (C=O) groups excluding carboxylic acids is 1. The van der Waals surface area contributed by atoms with Crippen LogP contribution in [0.25, 0.3) is 0 Å². The minimum Gasteiger partial charge on any atom is -0.360 e. The summed E-state index contributed by atoms with van der Waals surface area (Å²) in [7, 11) is 0. The molecule has 0 radical (unpaired) electrons. The van der Waals surface area contributed by atoms with Crippen molar-refractivity contribution in [3.05, 3.63) is 58.1 Å². The maximum Gasteiger partial charge on any atom is 0.275 e. The Hall–Kier alpha value is -2.74. The summed E-state index contributed by atoms with van der Waals surface area (Å²) in [6.07, 6.45) is 2.86. The largest absolute Gasteiger partial charge is 0.360 e. The molecule has 3 aromatic rings. The predicted octanol–water partition coefficient (Wildman–Crippen LogP) is 3.84. The number of nitrogens with one attached hydrogen (secondary N) is 2. The summed E-state index contributed by atoms with van der Waals surface area (Å²) in [4.78, 5) is 20.5. The SMILES string of the molecule is Cc1ccc(NC(=O)c2cnc(Nc3cc(C)on3)cn2)c(Br)c1. The Kier molecular flexibility index (Phi) is 4.57. The Morgan fingerprint density at radius 1 is 1.12 bits per heavy atom. The molecular formula is C16H14BrN5O2. The van der Waals surface area contributed by atoms with E-state index >= 15 is 0 Å². The summed E-state index contributed by atoms with van der Waals surface area (Å²) < 4.78 is 5.76. The Balaban J connectivity index is 1.69. The van der Waals surface area contributed by atoms with Gasteiger partial charge in [0.25, 0.3) is 5.91 Å². The zero-order valence-corrected chi connectivity index (χ0v) is 14.6. The monoisotopic (exact) mass is 387 g/mol. The molecule has 1 aromatic carbocycles. The van der Waals surface area contributed by atoms with Gasteiger partial charge in [0.2, 0.25) is 0 Å². The van der Waals surface area contributed by atoms with E-state index in [1.807, 2.05) is 25.1 Å². The lowest BCUT2D eigenvalue weighted by atomic mass is 10.2. The highest BCUT2D eigenvalue weighted by molar-refractivity contribution is 9.10. The van der Waals surface area contributed by atoms with Gasteiger partial charge in [-0.2, -0.15) is 0 Å². The van der Waals surface area contributed by atoms with E-state index in [1.165, 1.54) is 12.4 Å². The first-order valence-corrected chi connectivity index (χ1v) is 7.90.